The first-order valence-electron chi connectivity index (χ1n) is 5.23. The second-order valence-corrected chi connectivity index (χ2v) is 4.49. The highest BCUT2D eigenvalue weighted by Crippen LogP contribution is 2.23. The van der Waals surface area contributed by atoms with Crippen molar-refractivity contribution < 1.29 is 0 Å². The average Bonchev–Trinajstić information content (AvgIpc) is 2.42. The van der Waals surface area contributed by atoms with Crippen molar-refractivity contribution >= 4 is 11.8 Å². The van der Waals surface area contributed by atoms with Gasteiger partial charge < -0.3 is 0 Å². The Labute approximate surface area is 105 Å². The first kappa shape index (κ1) is 11.6. The van der Waals surface area contributed by atoms with E-state index in [-0.39, 0.29) is 5.92 Å². The van der Waals surface area contributed by atoms with Gasteiger partial charge in [-0.05, 0) is 5.56 Å². The maximum absolute atomic E-state index is 9.16. The van der Waals surface area contributed by atoms with Crippen molar-refractivity contribution in [2.75, 3.05) is 5.75 Å². The minimum Gasteiger partial charge on any atom is -0.260 e. The largest absolute Gasteiger partial charge is 0.260 e. The van der Waals surface area contributed by atoms with E-state index < -0.39 is 0 Å². The summed E-state index contributed by atoms with van der Waals surface area (Å²) in [5.74, 6) is 0.586. The van der Waals surface area contributed by atoms with Gasteiger partial charge in [-0.1, -0.05) is 30.3 Å². The molecule has 0 saturated carbocycles. The fraction of sp³-hybridized carbons (Fsp3) is 0.154. The Morgan fingerprint density at radius 2 is 2.06 bits per heavy atom. The monoisotopic (exact) mass is 241 g/mol. The number of thioether (sulfide) groups is 1. The fourth-order valence-corrected chi connectivity index (χ4v) is 2.30. The van der Waals surface area contributed by atoms with Crippen molar-refractivity contribution in [3.05, 3.63) is 54.5 Å². The van der Waals surface area contributed by atoms with Gasteiger partial charge in [0.2, 0.25) is 0 Å². The minimum absolute atomic E-state index is 0.108. The van der Waals surface area contributed by atoms with E-state index >= 15 is 0 Å². The van der Waals surface area contributed by atoms with Crippen LogP contribution in [-0.2, 0) is 0 Å². The first-order valence-corrected chi connectivity index (χ1v) is 6.22. The standard InChI is InChI=1S/C13H11N3S/c14-8-12(11-4-2-1-3-5-11)10-17-13-9-15-6-7-16-13/h1-7,9,12H,10H2. The Kier molecular flexibility index (Phi) is 4.11. The molecule has 0 aliphatic carbocycles. The molecule has 0 N–H and O–H groups in total. The van der Waals surface area contributed by atoms with Crippen LogP contribution in [0, 0.1) is 11.3 Å². The predicted octanol–water partition coefficient (Wildman–Crippen LogP) is 2.88. The van der Waals surface area contributed by atoms with E-state index in [4.69, 9.17) is 5.26 Å². The number of benzene rings is 1. The van der Waals surface area contributed by atoms with Crippen molar-refractivity contribution in [1.29, 1.82) is 5.26 Å². The Morgan fingerprint density at radius 1 is 1.24 bits per heavy atom. The molecule has 3 nitrogen and oxygen atoms in total. The van der Waals surface area contributed by atoms with Crippen LogP contribution < -0.4 is 0 Å². The third-order valence-corrected chi connectivity index (χ3v) is 3.30. The van der Waals surface area contributed by atoms with Gasteiger partial charge in [-0.2, -0.15) is 5.26 Å². The van der Waals surface area contributed by atoms with Crippen molar-refractivity contribution in [2.24, 2.45) is 0 Å². The SMILES string of the molecule is N#CC(CSc1cnccn1)c1ccccc1. The average molecular weight is 241 g/mol. The number of nitriles is 1. The van der Waals surface area contributed by atoms with Crippen molar-refractivity contribution in [2.45, 2.75) is 10.9 Å². The van der Waals surface area contributed by atoms with Crippen LogP contribution in [0.15, 0.2) is 53.9 Å². The predicted molar refractivity (Wildman–Crippen MR) is 67.6 cm³/mol. The molecule has 1 atom stereocenters. The second kappa shape index (κ2) is 6.02. The molecule has 2 aromatic rings. The molecular formula is C13H11N3S. The van der Waals surface area contributed by atoms with E-state index in [9.17, 15) is 0 Å². The number of hydrogen-bond donors (Lipinski definition) is 0. The van der Waals surface area contributed by atoms with Crippen molar-refractivity contribution in [3.8, 4) is 6.07 Å². The third kappa shape index (κ3) is 3.30. The minimum atomic E-state index is -0.108. The summed E-state index contributed by atoms with van der Waals surface area (Å²) < 4.78 is 0. The molecule has 1 heterocycles. The van der Waals surface area contributed by atoms with Crippen molar-refractivity contribution in [3.63, 3.8) is 0 Å². The van der Waals surface area contributed by atoms with Crippen LogP contribution in [0.1, 0.15) is 11.5 Å². The summed E-state index contributed by atoms with van der Waals surface area (Å²) in [6.45, 7) is 0. The van der Waals surface area contributed by atoms with Crippen LogP contribution in [0.25, 0.3) is 0 Å². The Hall–Kier alpha value is -1.86. The van der Waals surface area contributed by atoms with Gasteiger partial charge in [-0.3, -0.25) is 4.98 Å². The highest BCUT2D eigenvalue weighted by Gasteiger charge is 2.10. The molecule has 0 aliphatic heterocycles. The van der Waals surface area contributed by atoms with E-state index in [0.717, 1.165) is 10.6 Å². The molecule has 0 bridgehead atoms. The summed E-state index contributed by atoms with van der Waals surface area (Å²) in [7, 11) is 0. The van der Waals surface area contributed by atoms with Crippen LogP contribution in [0.2, 0.25) is 0 Å². The van der Waals surface area contributed by atoms with Gasteiger partial charge in [0, 0.05) is 18.1 Å². The molecule has 0 aliphatic rings. The van der Waals surface area contributed by atoms with Crippen LogP contribution >= 0.6 is 11.8 Å². The number of rotatable bonds is 4. The highest BCUT2D eigenvalue weighted by atomic mass is 32.2. The van der Waals surface area contributed by atoms with E-state index in [1.54, 1.807) is 30.4 Å². The highest BCUT2D eigenvalue weighted by molar-refractivity contribution is 7.99. The quantitative estimate of drug-likeness (QED) is 0.772. The van der Waals surface area contributed by atoms with Crippen LogP contribution in [0.5, 0.6) is 0 Å². The molecule has 17 heavy (non-hydrogen) atoms. The Morgan fingerprint density at radius 3 is 2.71 bits per heavy atom. The first-order chi connectivity index (χ1) is 8.40. The van der Waals surface area contributed by atoms with Crippen LogP contribution in [-0.4, -0.2) is 15.7 Å². The summed E-state index contributed by atoms with van der Waals surface area (Å²) in [6.07, 6.45) is 5.01. The van der Waals surface area contributed by atoms with Crippen LogP contribution in [0.3, 0.4) is 0 Å². The zero-order chi connectivity index (χ0) is 11.9. The lowest BCUT2D eigenvalue weighted by atomic mass is 10.0. The number of hydrogen-bond acceptors (Lipinski definition) is 4. The molecule has 1 unspecified atom stereocenters. The van der Waals surface area contributed by atoms with E-state index in [2.05, 4.69) is 16.0 Å². The topological polar surface area (TPSA) is 49.6 Å². The maximum atomic E-state index is 9.16. The molecule has 0 fully saturated rings. The zero-order valence-electron chi connectivity index (χ0n) is 9.15. The fourth-order valence-electron chi connectivity index (χ4n) is 1.42. The molecule has 0 spiro atoms. The van der Waals surface area contributed by atoms with Crippen molar-refractivity contribution in [1.82, 2.24) is 9.97 Å². The summed E-state index contributed by atoms with van der Waals surface area (Å²) in [5.41, 5.74) is 1.05. The molecule has 4 heteroatoms. The van der Waals surface area contributed by atoms with E-state index in [1.807, 2.05) is 30.3 Å². The number of aromatic nitrogens is 2. The van der Waals surface area contributed by atoms with Gasteiger partial charge >= 0.3 is 0 Å². The summed E-state index contributed by atoms with van der Waals surface area (Å²) in [6, 6.07) is 12.1. The zero-order valence-corrected chi connectivity index (χ0v) is 9.97. The second-order valence-electron chi connectivity index (χ2n) is 3.45. The maximum Gasteiger partial charge on any atom is 0.114 e. The van der Waals surface area contributed by atoms with Gasteiger partial charge in [0.15, 0.2) is 0 Å². The van der Waals surface area contributed by atoms with Crippen LogP contribution in [0.4, 0.5) is 0 Å². The molecule has 0 saturated heterocycles. The molecular weight excluding hydrogens is 230 g/mol. The molecule has 0 amide bonds. The molecule has 2 rings (SSSR count). The summed E-state index contributed by atoms with van der Waals surface area (Å²) in [4.78, 5) is 8.16. The van der Waals surface area contributed by atoms with Gasteiger partial charge in [0.05, 0.1) is 18.2 Å². The normalized spacial score (nSPS) is 11.7. The lowest BCUT2D eigenvalue weighted by Crippen LogP contribution is -1.99. The van der Waals surface area contributed by atoms with Gasteiger partial charge in [-0.25, -0.2) is 4.98 Å². The van der Waals surface area contributed by atoms with Gasteiger partial charge in [0.25, 0.3) is 0 Å². The molecule has 1 aromatic heterocycles. The smallest absolute Gasteiger partial charge is 0.114 e. The molecule has 84 valence electrons. The van der Waals surface area contributed by atoms with E-state index in [0.29, 0.717) is 5.75 Å². The van der Waals surface area contributed by atoms with Gasteiger partial charge in [0.1, 0.15) is 5.03 Å². The third-order valence-electron chi connectivity index (χ3n) is 2.30. The Balaban J connectivity index is 2.01. The molecule has 0 radical (unpaired) electrons. The summed E-state index contributed by atoms with van der Waals surface area (Å²) >= 11 is 1.55. The molecule has 1 aromatic carbocycles. The lowest BCUT2D eigenvalue weighted by Gasteiger charge is -2.07. The summed E-state index contributed by atoms with van der Waals surface area (Å²) in [5, 5.41) is 10.0. The number of nitrogens with zero attached hydrogens (tertiary/aromatic N) is 3. The van der Waals surface area contributed by atoms with Gasteiger partial charge in [-0.15, -0.1) is 11.8 Å². The Bertz CT molecular complexity index is 493. The lowest BCUT2D eigenvalue weighted by molar-refractivity contribution is 0.985. The van der Waals surface area contributed by atoms with E-state index in [1.165, 1.54) is 0 Å².